The normalized spacial score (nSPS) is 14.9. The van der Waals surface area contributed by atoms with E-state index in [0.717, 1.165) is 23.6 Å². The first-order valence-electron chi connectivity index (χ1n) is 8.60. The third-order valence-corrected chi connectivity index (χ3v) is 6.21. The smallest absolute Gasteiger partial charge is 0.264 e. The van der Waals surface area contributed by atoms with Gasteiger partial charge in [0.15, 0.2) is 0 Å². The highest BCUT2D eigenvalue weighted by atomic mass is 32.2. The van der Waals surface area contributed by atoms with E-state index >= 15 is 0 Å². The summed E-state index contributed by atoms with van der Waals surface area (Å²) in [6, 6.07) is 13.4. The highest BCUT2D eigenvalue weighted by molar-refractivity contribution is 7.92. The summed E-state index contributed by atoms with van der Waals surface area (Å²) in [4.78, 5) is 14.3. The van der Waals surface area contributed by atoms with Crippen molar-refractivity contribution in [3.8, 4) is 0 Å². The molecule has 3 rings (SSSR count). The second-order valence-electron chi connectivity index (χ2n) is 6.22. The summed E-state index contributed by atoms with van der Waals surface area (Å²) in [5.74, 6) is -0.995. The Morgan fingerprint density at radius 1 is 0.962 bits per heavy atom. The van der Waals surface area contributed by atoms with E-state index in [-0.39, 0.29) is 16.5 Å². The quantitative estimate of drug-likeness (QED) is 0.806. The third-order valence-electron chi connectivity index (χ3n) is 4.44. The summed E-state index contributed by atoms with van der Waals surface area (Å²) in [5.41, 5.74) is -0.123. The van der Waals surface area contributed by atoms with Gasteiger partial charge in [0.1, 0.15) is 12.4 Å². The average molecular weight is 376 g/mol. The molecule has 7 heteroatoms. The summed E-state index contributed by atoms with van der Waals surface area (Å²) in [6.07, 6.45) is 2.86. The van der Waals surface area contributed by atoms with E-state index in [1.54, 1.807) is 29.2 Å². The number of para-hydroxylation sites is 1. The molecule has 0 aromatic heterocycles. The molecule has 1 aliphatic rings. The number of carbonyl (C=O) groups excluding carboxylic acids is 1. The van der Waals surface area contributed by atoms with Crippen molar-refractivity contribution in [1.82, 2.24) is 4.90 Å². The lowest BCUT2D eigenvalue weighted by molar-refractivity contribution is -0.130. The number of halogens is 1. The van der Waals surface area contributed by atoms with Gasteiger partial charge in [0.05, 0.1) is 10.6 Å². The van der Waals surface area contributed by atoms with Crippen LogP contribution >= 0.6 is 0 Å². The molecular formula is C19H21FN2O3S. The zero-order valence-corrected chi connectivity index (χ0v) is 15.2. The van der Waals surface area contributed by atoms with Crippen LogP contribution in [-0.4, -0.2) is 38.9 Å². The van der Waals surface area contributed by atoms with E-state index in [4.69, 9.17) is 0 Å². The van der Waals surface area contributed by atoms with Gasteiger partial charge in [0, 0.05) is 13.1 Å². The predicted octanol–water partition coefficient (Wildman–Crippen LogP) is 3.03. The van der Waals surface area contributed by atoms with Gasteiger partial charge in [-0.3, -0.25) is 9.10 Å². The number of hydrogen-bond donors (Lipinski definition) is 0. The van der Waals surface area contributed by atoms with Crippen LogP contribution in [0.2, 0.25) is 0 Å². The molecular weight excluding hydrogens is 355 g/mol. The van der Waals surface area contributed by atoms with E-state index < -0.39 is 22.4 Å². The molecule has 0 N–H and O–H groups in total. The number of rotatable bonds is 5. The molecule has 1 aliphatic heterocycles. The molecule has 1 amide bonds. The van der Waals surface area contributed by atoms with Crippen LogP contribution in [0.5, 0.6) is 0 Å². The summed E-state index contributed by atoms with van der Waals surface area (Å²) >= 11 is 0. The fourth-order valence-electron chi connectivity index (χ4n) is 3.04. The van der Waals surface area contributed by atoms with E-state index in [1.165, 1.54) is 30.3 Å². The maximum absolute atomic E-state index is 14.3. The first-order chi connectivity index (χ1) is 12.5. The molecule has 26 heavy (non-hydrogen) atoms. The van der Waals surface area contributed by atoms with Crippen molar-refractivity contribution >= 4 is 21.6 Å². The largest absolute Gasteiger partial charge is 0.341 e. The summed E-state index contributed by atoms with van der Waals surface area (Å²) in [5, 5.41) is 0. The standard InChI is InChI=1S/C19H21FN2O3S/c20-17-11-5-6-12-18(17)22(15-19(23)21-13-7-2-8-14-21)26(24,25)16-9-3-1-4-10-16/h1,3-6,9-12H,2,7-8,13-15H2. The van der Waals surface area contributed by atoms with Crippen LogP contribution in [0.3, 0.4) is 0 Å². The van der Waals surface area contributed by atoms with Crippen LogP contribution < -0.4 is 4.31 Å². The van der Waals surface area contributed by atoms with E-state index in [2.05, 4.69) is 0 Å². The van der Waals surface area contributed by atoms with Gasteiger partial charge in [-0.25, -0.2) is 12.8 Å². The van der Waals surface area contributed by atoms with Crippen LogP contribution in [0.25, 0.3) is 0 Å². The first kappa shape index (κ1) is 18.4. The minimum Gasteiger partial charge on any atom is -0.341 e. The van der Waals surface area contributed by atoms with Gasteiger partial charge in [0.2, 0.25) is 5.91 Å². The van der Waals surface area contributed by atoms with Gasteiger partial charge < -0.3 is 4.90 Å². The average Bonchev–Trinajstić information content (AvgIpc) is 2.68. The molecule has 0 atom stereocenters. The molecule has 0 radical (unpaired) electrons. The molecule has 0 aliphatic carbocycles. The van der Waals surface area contributed by atoms with Crippen molar-refractivity contribution in [1.29, 1.82) is 0 Å². The van der Waals surface area contributed by atoms with Crippen LogP contribution in [0, 0.1) is 5.82 Å². The molecule has 0 bridgehead atoms. The van der Waals surface area contributed by atoms with Crippen molar-refractivity contribution in [2.75, 3.05) is 23.9 Å². The molecule has 0 unspecified atom stereocenters. The van der Waals surface area contributed by atoms with Crippen molar-refractivity contribution in [3.63, 3.8) is 0 Å². The van der Waals surface area contributed by atoms with Crippen LogP contribution in [0.1, 0.15) is 19.3 Å². The maximum atomic E-state index is 14.3. The number of hydrogen-bond acceptors (Lipinski definition) is 3. The zero-order chi connectivity index (χ0) is 18.6. The lowest BCUT2D eigenvalue weighted by atomic mass is 10.1. The Morgan fingerprint density at radius 2 is 1.58 bits per heavy atom. The Kier molecular flexibility index (Phi) is 5.56. The Bertz CT molecular complexity index is 865. The van der Waals surface area contributed by atoms with Crippen molar-refractivity contribution in [3.05, 3.63) is 60.4 Å². The lowest BCUT2D eigenvalue weighted by Crippen LogP contribution is -2.45. The lowest BCUT2D eigenvalue weighted by Gasteiger charge is -2.30. The van der Waals surface area contributed by atoms with E-state index in [9.17, 15) is 17.6 Å². The zero-order valence-electron chi connectivity index (χ0n) is 14.3. The second kappa shape index (κ2) is 7.86. The van der Waals surface area contributed by atoms with E-state index in [0.29, 0.717) is 13.1 Å². The van der Waals surface area contributed by atoms with Gasteiger partial charge in [-0.1, -0.05) is 30.3 Å². The molecule has 1 fully saturated rings. The topological polar surface area (TPSA) is 57.7 Å². The van der Waals surface area contributed by atoms with Crippen LogP contribution in [-0.2, 0) is 14.8 Å². The number of carbonyl (C=O) groups is 1. The molecule has 1 heterocycles. The second-order valence-corrected chi connectivity index (χ2v) is 8.08. The maximum Gasteiger partial charge on any atom is 0.264 e. The monoisotopic (exact) mass is 376 g/mol. The molecule has 138 valence electrons. The minimum absolute atomic E-state index is 0.0229. The number of nitrogens with zero attached hydrogens (tertiary/aromatic N) is 2. The number of likely N-dealkylation sites (tertiary alicyclic amines) is 1. The fraction of sp³-hybridized carbons (Fsp3) is 0.316. The summed E-state index contributed by atoms with van der Waals surface area (Å²) in [6.45, 7) is 0.794. The highest BCUT2D eigenvalue weighted by Gasteiger charge is 2.30. The first-order valence-corrected chi connectivity index (χ1v) is 10.0. The SMILES string of the molecule is O=C(CN(c1ccccc1F)S(=O)(=O)c1ccccc1)N1CCCCC1. The fourth-order valence-corrected chi connectivity index (χ4v) is 4.48. The van der Waals surface area contributed by atoms with Crippen LogP contribution in [0.4, 0.5) is 10.1 Å². The van der Waals surface area contributed by atoms with Crippen molar-refractivity contribution in [2.45, 2.75) is 24.2 Å². The Balaban J connectivity index is 1.97. The van der Waals surface area contributed by atoms with Crippen molar-refractivity contribution in [2.24, 2.45) is 0 Å². The highest BCUT2D eigenvalue weighted by Crippen LogP contribution is 2.26. The molecule has 0 saturated carbocycles. The van der Waals surface area contributed by atoms with Gasteiger partial charge in [-0.05, 0) is 43.5 Å². The summed E-state index contributed by atoms with van der Waals surface area (Å²) in [7, 11) is -4.06. The number of piperidine rings is 1. The predicted molar refractivity (Wildman–Crippen MR) is 97.8 cm³/mol. The third kappa shape index (κ3) is 3.88. The van der Waals surface area contributed by atoms with E-state index in [1.807, 2.05) is 0 Å². The number of benzene rings is 2. The Labute approximate surface area is 153 Å². The van der Waals surface area contributed by atoms with Gasteiger partial charge in [-0.2, -0.15) is 0 Å². The molecule has 2 aromatic rings. The van der Waals surface area contributed by atoms with Crippen molar-refractivity contribution < 1.29 is 17.6 Å². The number of anilines is 1. The Hall–Kier alpha value is -2.41. The molecule has 5 nitrogen and oxygen atoms in total. The van der Waals surface area contributed by atoms with Gasteiger partial charge in [-0.15, -0.1) is 0 Å². The molecule has 2 aromatic carbocycles. The van der Waals surface area contributed by atoms with Gasteiger partial charge in [0.25, 0.3) is 10.0 Å². The Morgan fingerprint density at radius 3 is 2.23 bits per heavy atom. The summed E-state index contributed by atoms with van der Waals surface area (Å²) < 4.78 is 41.4. The van der Waals surface area contributed by atoms with Crippen LogP contribution in [0.15, 0.2) is 59.5 Å². The number of sulfonamides is 1. The van der Waals surface area contributed by atoms with Gasteiger partial charge >= 0.3 is 0 Å². The minimum atomic E-state index is -4.06. The molecule has 1 saturated heterocycles. The number of amides is 1. The molecule has 0 spiro atoms.